The summed E-state index contributed by atoms with van der Waals surface area (Å²) in [5.41, 5.74) is 0.679. The molecule has 0 bridgehead atoms. The quantitative estimate of drug-likeness (QED) is 0.712. The number of nitrogens with one attached hydrogen (secondary N) is 1. The molecule has 1 aromatic rings. The Kier molecular flexibility index (Phi) is 4.20. The third kappa shape index (κ3) is 3.27. The van der Waals surface area contributed by atoms with Crippen LogP contribution in [0.5, 0.6) is 5.75 Å². The number of carboxylic acids is 1. The van der Waals surface area contributed by atoms with E-state index in [0.29, 0.717) is 5.56 Å². The molecule has 0 amide bonds. The van der Waals surface area contributed by atoms with Crippen molar-refractivity contribution in [3.8, 4) is 5.75 Å². The zero-order chi connectivity index (χ0) is 11.4. The molecule has 3 N–H and O–H groups in total. The summed E-state index contributed by atoms with van der Waals surface area (Å²) in [6, 6.07) is 3.62. The minimum Gasteiger partial charge on any atom is -0.506 e. The smallest absolute Gasteiger partial charge is 0.322 e. The van der Waals surface area contributed by atoms with E-state index in [9.17, 15) is 4.79 Å². The second-order valence-electron chi connectivity index (χ2n) is 2.99. The third-order valence-corrected chi connectivity index (χ3v) is 2.45. The van der Waals surface area contributed by atoms with Crippen LogP contribution in [0.15, 0.2) is 18.2 Å². The van der Waals surface area contributed by atoms with Crippen LogP contribution in [0.2, 0.25) is 5.02 Å². The summed E-state index contributed by atoms with van der Waals surface area (Å²) in [6.07, 6.45) is 0.193. The van der Waals surface area contributed by atoms with Crippen molar-refractivity contribution in [1.29, 1.82) is 0 Å². The Balaban J connectivity index is 2.80. The predicted octanol–water partition coefficient (Wildman–Crippen LogP) is 1.78. The second kappa shape index (κ2) is 5.21. The molecule has 4 nitrogen and oxygen atoms in total. The lowest BCUT2D eigenvalue weighted by molar-refractivity contribution is -0.138. The molecule has 0 radical (unpaired) electrons. The van der Waals surface area contributed by atoms with E-state index < -0.39 is 12.0 Å². The molecule has 0 aliphatic heterocycles. The molecule has 82 valence electrons. The summed E-state index contributed by atoms with van der Waals surface area (Å²) < 4.78 is 0. The third-order valence-electron chi connectivity index (χ3n) is 1.88. The Bertz CT molecular complexity index is 370. The molecule has 0 fully saturated rings. The number of carboxylic acid groups (broad SMARTS) is 1. The Morgan fingerprint density at radius 1 is 1.53 bits per heavy atom. The molecule has 0 saturated carbocycles. The van der Waals surface area contributed by atoms with Gasteiger partial charge in [-0.15, -0.1) is 0 Å². The van der Waals surface area contributed by atoms with E-state index in [1.165, 1.54) is 12.1 Å². The molecule has 0 aliphatic rings. The number of aliphatic carboxylic acids is 1. The van der Waals surface area contributed by atoms with Crippen LogP contribution in [0.25, 0.3) is 0 Å². The van der Waals surface area contributed by atoms with Gasteiger partial charge in [-0.3, -0.25) is 4.79 Å². The van der Waals surface area contributed by atoms with Gasteiger partial charge in [-0.05, 0) is 35.9 Å². The highest BCUT2D eigenvalue weighted by Crippen LogP contribution is 2.24. The average molecular weight is 250 g/mol. The molecule has 1 atom stereocenters. The fourth-order valence-corrected chi connectivity index (χ4v) is 1.46. The molecule has 0 saturated heterocycles. The van der Waals surface area contributed by atoms with Crippen molar-refractivity contribution in [2.24, 2.45) is 0 Å². The summed E-state index contributed by atoms with van der Waals surface area (Å²) in [7, 11) is 0. The van der Waals surface area contributed by atoms with Crippen LogP contribution in [0.1, 0.15) is 5.56 Å². The van der Waals surface area contributed by atoms with Crippen LogP contribution in [0.4, 0.5) is 0 Å². The van der Waals surface area contributed by atoms with Crippen molar-refractivity contribution >= 4 is 29.3 Å². The van der Waals surface area contributed by atoms with E-state index in [2.05, 4.69) is 4.84 Å². The summed E-state index contributed by atoms with van der Waals surface area (Å²) in [5, 5.41) is 18.1. The summed E-state index contributed by atoms with van der Waals surface area (Å²) in [4.78, 5) is 12.8. The van der Waals surface area contributed by atoms with Gasteiger partial charge in [0.1, 0.15) is 11.8 Å². The lowest BCUT2D eigenvalue weighted by Crippen LogP contribution is -2.32. The SMILES string of the molecule is O=C(O)[C@H](Cc1ccc(O)c(Cl)c1)NCl. The molecule has 1 aromatic carbocycles. The van der Waals surface area contributed by atoms with Crippen LogP contribution in [0.3, 0.4) is 0 Å². The fraction of sp³-hybridized carbons (Fsp3) is 0.222. The van der Waals surface area contributed by atoms with E-state index in [0.717, 1.165) is 0 Å². The molecular weight excluding hydrogens is 241 g/mol. The number of carbonyl (C=O) groups is 1. The Morgan fingerprint density at radius 3 is 2.67 bits per heavy atom. The van der Waals surface area contributed by atoms with Gasteiger partial charge in [0.2, 0.25) is 0 Å². The van der Waals surface area contributed by atoms with Gasteiger partial charge < -0.3 is 10.2 Å². The van der Waals surface area contributed by atoms with Crippen molar-refractivity contribution in [3.63, 3.8) is 0 Å². The van der Waals surface area contributed by atoms with Gasteiger partial charge in [0.15, 0.2) is 0 Å². The molecular formula is C9H9Cl2NO3. The van der Waals surface area contributed by atoms with Crippen molar-refractivity contribution in [3.05, 3.63) is 28.8 Å². The highest BCUT2D eigenvalue weighted by atomic mass is 35.5. The number of benzene rings is 1. The number of rotatable bonds is 4. The first kappa shape index (κ1) is 12.1. The van der Waals surface area contributed by atoms with Gasteiger partial charge in [-0.1, -0.05) is 17.7 Å². The first-order valence-corrected chi connectivity index (χ1v) is 4.86. The van der Waals surface area contributed by atoms with E-state index in [1.54, 1.807) is 6.07 Å². The van der Waals surface area contributed by atoms with Crippen molar-refractivity contribution in [2.75, 3.05) is 0 Å². The molecule has 0 aromatic heterocycles. The van der Waals surface area contributed by atoms with Gasteiger partial charge in [-0.25, -0.2) is 4.84 Å². The molecule has 0 heterocycles. The van der Waals surface area contributed by atoms with E-state index in [1.807, 2.05) is 0 Å². The zero-order valence-corrected chi connectivity index (χ0v) is 9.09. The Labute approximate surface area is 96.5 Å². The second-order valence-corrected chi connectivity index (χ2v) is 3.62. The van der Waals surface area contributed by atoms with Crippen LogP contribution < -0.4 is 4.84 Å². The average Bonchev–Trinajstić information content (AvgIpc) is 2.19. The lowest BCUT2D eigenvalue weighted by atomic mass is 10.1. The topological polar surface area (TPSA) is 69.6 Å². The maximum Gasteiger partial charge on any atom is 0.322 e. The van der Waals surface area contributed by atoms with Crippen LogP contribution in [-0.4, -0.2) is 22.2 Å². The number of phenolic OH excluding ortho intramolecular Hbond substituents is 1. The normalized spacial score (nSPS) is 12.4. The largest absolute Gasteiger partial charge is 0.506 e. The van der Waals surface area contributed by atoms with Gasteiger partial charge in [0, 0.05) is 0 Å². The van der Waals surface area contributed by atoms with E-state index in [4.69, 9.17) is 33.6 Å². The van der Waals surface area contributed by atoms with Crippen LogP contribution >= 0.6 is 23.4 Å². The van der Waals surface area contributed by atoms with Gasteiger partial charge in [0.25, 0.3) is 0 Å². The number of hydrogen-bond donors (Lipinski definition) is 3. The minimum absolute atomic E-state index is 0.0360. The monoisotopic (exact) mass is 249 g/mol. The number of phenols is 1. The zero-order valence-electron chi connectivity index (χ0n) is 7.58. The van der Waals surface area contributed by atoms with E-state index >= 15 is 0 Å². The van der Waals surface area contributed by atoms with Crippen molar-refractivity contribution < 1.29 is 15.0 Å². The maximum atomic E-state index is 10.7. The lowest BCUT2D eigenvalue weighted by Gasteiger charge is -2.09. The van der Waals surface area contributed by atoms with Gasteiger partial charge in [-0.2, -0.15) is 0 Å². The predicted molar refractivity (Wildman–Crippen MR) is 57.2 cm³/mol. The molecule has 0 spiro atoms. The first-order chi connectivity index (χ1) is 7.04. The highest BCUT2D eigenvalue weighted by Gasteiger charge is 2.16. The number of hydrogen-bond acceptors (Lipinski definition) is 3. The fourth-order valence-electron chi connectivity index (χ4n) is 1.09. The number of halogens is 2. The Hall–Kier alpha value is -0.970. The molecule has 0 aliphatic carbocycles. The number of aromatic hydroxyl groups is 1. The van der Waals surface area contributed by atoms with Crippen molar-refractivity contribution in [2.45, 2.75) is 12.5 Å². The van der Waals surface area contributed by atoms with Gasteiger partial charge in [0.05, 0.1) is 5.02 Å². The standard InChI is InChI=1S/C9H9Cl2NO3/c10-6-3-5(1-2-8(6)13)4-7(12-11)9(14)15/h1-3,7,12-13H,4H2,(H,14,15)/t7-/m0/s1. The summed E-state index contributed by atoms with van der Waals surface area (Å²) in [6.45, 7) is 0. The first-order valence-electron chi connectivity index (χ1n) is 4.11. The molecule has 15 heavy (non-hydrogen) atoms. The van der Waals surface area contributed by atoms with Crippen LogP contribution in [-0.2, 0) is 11.2 Å². The van der Waals surface area contributed by atoms with Gasteiger partial charge >= 0.3 is 5.97 Å². The molecule has 0 unspecified atom stereocenters. The molecule has 6 heteroatoms. The minimum atomic E-state index is -1.05. The summed E-state index contributed by atoms with van der Waals surface area (Å²) >= 11 is 10.9. The highest BCUT2D eigenvalue weighted by molar-refractivity contribution is 6.32. The summed E-state index contributed by atoms with van der Waals surface area (Å²) in [5.74, 6) is -1.08. The van der Waals surface area contributed by atoms with Crippen molar-refractivity contribution in [1.82, 2.24) is 4.84 Å². The van der Waals surface area contributed by atoms with Crippen LogP contribution in [0, 0.1) is 0 Å². The maximum absolute atomic E-state index is 10.7. The van der Waals surface area contributed by atoms with E-state index in [-0.39, 0.29) is 17.2 Å². The molecule has 1 rings (SSSR count). The Morgan fingerprint density at radius 2 is 2.20 bits per heavy atom.